The van der Waals surface area contributed by atoms with Crippen LogP contribution in [0.25, 0.3) is 5.76 Å². The van der Waals surface area contributed by atoms with Gasteiger partial charge in [0.25, 0.3) is 11.7 Å². The second-order valence-corrected chi connectivity index (χ2v) is 9.17. The smallest absolute Gasteiger partial charge is 0.295 e. The van der Waals surface area contributed by atoms with Crippen LogP contribution in [0.1, 0.15) is 63.1 Å². The third-order valence-corrected chi connectivity index (χ3v) is 6.62. The summed E-state index contributed by atoms with van der Waals surface area (Å²) in [6.45, 7) is 7.53. The molecule has 2 aromatic carbocycles. The molecule has 1 amide bonds. The molecule has 1 heterocycles. The Morgan fingerprint density at radius 3 is 2.08 bits per heavy atom. The summed E-state index contributed by atoms with van der Waals surface area (Å²) in [6.07, 6.45) is 5.17. The van der Waals surface area contributed by atoms with Gasteiger partial charge in [-0.25, -0.2) is 4.39 Å². The van der Waals surface area contributed by atoms with Crippen LogP contribution >= 0.6 is 0 Å². The molecule has 1 aliphatic heterocycles. The normalized spacial score (nSPS) is 17.2. The second kappa shape index (κ2) is 13.2. The molecule has 2 aromatic rings. The third-order valence-electron chi connectivity index (χ3n) is 6.62. The van der Waals surface area contributed by atoms with E-state index in [1.165, 1.54) is 17.0 Å². The summed E-state index contributed by atoms with van der Waals surface area (Å²) in [5.74, 6) is -1.43. The molecule has 1 N–H and O–H groups in total. The number of methoxy groups -OCH3 is 1. The van der Waals surface area contributed by atoms with Crippen LogP contribution < -0.4 is 4.74 Å². The Kier molecular flexibility index (Phi) is 10.1. The number of hydrogen-bond acceptors (Lipinski definition) is 5. The number of halogens is 1. The highest BCUT2D eigenvalue weighted by molar-refractivity contribution is 6.46. The maximum atomic E-state index is 13.7. The predicted octanol–water partition coefficient (Wildman–Crippen LogP) is 5.55. The topological polar surface area (TPSA) is 70.1 Å². The summed E-state index contributed by atoms with van der Waals surface area (Å²) in [4.78, 5) is 30.2. The maximum Gasteiger partial charge on any atom is 0.295 e. The summed E-state index contributed by atoms with van der Waals surface area (Å²) in [5.41, 5.74) is 1.01. The van der Waals surface area contributed by atoms with Crippen molar-refractivity contribution in [1.82, 2.24) is 9.80 Å². The molecule has 7 heteroatoms. The Labute approximate surface area is 213 Å². The first-order chi connectivity index (χ1) is 17.4. The summed E-state index contributed by atoms with van der Waals surface area (Å²) in [6, 6.07) is 11.6. The zero-order valence-corrected chi connectivity index (χ0v) is 21.5. The van der Waals surface area contributed by atoms with Gasteiger partial charge in [-0.05, 0) is 80.9 Å². The Bertz CT molecular complexity index is 1040. The standard InChI is InChI=1S/C29H37FN2O4/c1-4-6-17-31(18-7-5-2)19-8-20-32-26(21-9-13-23(30)14-10-21)25(28(34)29(32)35)27(33)22-11-15-24(36-3)16-12-22/h9-16,26,33H,4-8,17-20H2,1-3H3/b27-25-. The first kappa shape index (κ1) is 27.4. The number of benzene rings is 2. The Morgan fingerprint density at radius 1 is 0.944 bits per heavy atom. The number of aliphatic hydroxyl groups excluding tert-OH is 1. The molecule has 0 radical (unpaired) electrons. The van der Waals surface area contributed by atoms with Crippen LogP contribution in [0.3, 0.4) is 0 Å². The van der Waals surface area contributed by atoms with Crippen molar-refractivity contribution in [2.75, 3.05) is 33.3 Å². The molecule has 1 aliphatic rings. The average Bonchev–Trinajstić information content (AvgIpc) is 3.15. The lowest BCUT2D eigenvalue weighted by atomic mass is 9.95. The van der Waals surface area contributed by atoms with E-state index in [9.17, 15) is 19.1 Å². The van der Waals surface area contributed by atoms with Crippen LogP contribution in [0.4, 0.5) is 4.39 Å². The molecular weight excluding hydrogens is 459 g/mol. The Balaban J connectivity index is 1.90. The number of carbonyl (C=O) groups excluding carboxylic acids is 2. The van der Waals surface area contributed by atoms with Gasteiger partial charge in [-0.2, -0.15) is 0 Å². The maximum absolute atomic E-state index is 13.7. The van der Waals surface area contributed by atoms with E-state index in [1.54, 1.807) is 43.5 Å². The van der Waals surface area contributed by atoms with Gasteiger partial charge >= 0.3 is 0 Å². The molecule has 0 saturated carbocycles. The molecule has 0 bridgehead atoms. The van der Waals surface area contributed by atoms with E-state index in [1.807, 2.05) is 0 Å². The highest BCUT2D eigenvalue weighted by atomic mass is 19.1. The van der Waals surface area contributed by atoms with E-state index < -0.39 is 23.5 Å². The number of Topliss-reactive ketones (excluding diaryl/α,β-unsaturated/α-hetero) is 1. The van der Waals surface area contributed by atoms with Crippen molar-refractivity contribution < 1.29 is 23.8 Å². The van der Waals surface area contributed by atoms with E-state index in [0.717, 1.165) is 45.3 Å². The fourth-order valence-electron chi connectivity index (χ4n) is 4.57. The Hall–Kier alpha value is -3.19. The van der Waals surface area contributed by atoms with Crippen LogP contribution in [0.2, 0.25) is 0 Å². The number of nitrogens with zero attached hydrogens (tertiary/aromatic N) is 2. The van der Waals surface area contributed by atoms with E-state index in [-0.39, 0.29) is 11.3 Å². The van der Waals surface area contributed by atoms with E-state index in [2.05, 4.69) is 18.7 Å². The largest absolute Gasteiger partial charge is 0.507 e. The number of ketones is 1. The zero-order chi connectivity index (χ0) is 26.1. The van der Waals surface area contributed by atoms with Crippen molar-refractivity contribution >= 4 is 17.4 Å². The summed E-state index contributed by atoms with van der Waals surface area (Å²) >= 11 is 0. The van der Waals surface area contributed by atoms with Gasteiger partial charge in [-0.1, -0.05) is 38.8 Å². The molecule has 0 aliphatic carbocycles. The van der Waals surface area contributed by atoms with Crippen LogP contribution in [0.15, 0.2) is 54.1 Å². The zero-order valence-electron chi connectivity index (χ0n) is 21.5. The fraction of sp³-hybridized carbons (Fsp3) is 0.448. The summed E-state index contributed by atoms with van der Waals surface area (Å²) < 4.78 is 18.9. The van der Waals surface area contributed by atoms with Gasteiger partial charge in [-0.3, -0.25) is 9.59 Å². The molecule has 6 nitrogen and oxygen atoms in total. The number of aliphatic hydroxyl groups is 1. The summed E-state index contributed by atoms with van der Waals surface area (Å²) in [7, 11) is 1.54. The lowest BCUT2D eigenvalue weighted by Gasteiger charge is -2.27. The first-order valence-corrected chi connectivity index (χ1v) is 12.8. The molecule has 1 saturated heterocycles. The number of rotatable bonds is 13. The minimum Gasteiger partial charge on any atom is -0.507 e. The van der Waals surface area contributed by atoms with Gasteiger partial charge in [0.05, 0.1) is 18.7 Å². The monoisotopic (exact) mass is 496 g/mol. The third kappa shape index (κ3) is 6.52. The van der Waals surface area contributed by atoms with E-state index in [0.29, 0.717) is 29.8 Å². The van der Waals surface area contributed by atoms with Crippen molar-refractivity contribution in [3.05, 3.63) is 71.0 Å². The van der Waals surface area contributed by atoms with Gasteiger partial charge in [-0.15, -0.1) is 0 Å². The number of carbonyl (C=O) groups is 2. The minimum atomic E-state index is -0.785. The summed E-state index contributed by atoms with van der Waals surface area (Å²) in [5, 5.41) is 11.1. The predicted molar refractivity (Wildman–Crippen MR) is 139 cm³/mol. The number of amides is 1. The molecule has 1 atom stereocenters. The van der Waals surface area contributed by atoms with Crippen molar-refractivity contribution in [2.24, 2.45) is 0 Å². The number of ether oxygens (including phenoxy) is 1. The molecule has 194 valence electrons. The average molecular weight is 497 g/mol. The molecule has 3 rings (SSSR count). The molecule has 1 unspecified atom stereocenters. The van der Waals surface area contributed by atoms with Gasteiger partial charge in [0.15, 0.2) is 0 Å². The van der Waals surface area contributed by atoms with Gasteiger partial charge < -0.3 is 19.6 Å². The van der Waals surface area contributed by atoms with E-state index >= 15 is 0 Å². The van der Waals surface area contributed by atoms with Crippen molar-refractivity contribution in [2.45, 2.75) is 52.0 Å². The van der Waals surface area contributed by atoms with Gasteiger partial charge in [0, 0.05) is 12.1 Å². The van der Waals surface area contributed by atoms with Crippen LogP contribution in [-0.4, -0.2) is 59.9 Å². The molecule has 1 fully saturated rings. The SMILES string of the molecule is CCCCN(CCCC)CCCN1C(=O)C(=O)/C(=C(\O)c2ccc(OC)cc2)C1c1ccc(F)cc1. The van der Waals surface area contributed by atoms with Crippen molar-refractivity contribution in [3.8, 4) is 5.75 Å². The highest BCUT2D eigenvalue weighted by Gasteiger charge is 2.45. The van der Waals surface area contributed by atoms with Crippen LogP contribution in [-0.2, 0) is 9.59 Å². The van der Waals surface area contributed by atoms with Gasteiger partial charge in [0.2, 0.25) is 0 Å². The molecule has 36 heavy (non-hydrogen) atoms. The van der Waals surface area contributed by atoms with Crippen LogP contribution in [0, 0.1) is 5.82 Å². The molecule has 0 aromatic heterocycles. The van der Waals surface area contributed by atoms with Gasteiger partial charge in [0.1, 0.15) is 17.3 Å². The minimum absolute atomic E-state index is 0.0191. The number of hydrogen-bond donors (Lipinski definition) is 1. The van der Waals surface area contributed by atoms with Crippen molar-refractivity contribution in [1.29, 1.82) is 0 Å². The lowest BCUT2D eigenvalue weighted by molar-refractivity contribution is -0.140. The fourth-order valence-corrected chi connectivity index (χ4v) is 4.57. The first-order valence-electron chi connectivity index (χ1n) is 12.8. The number of likely N-dealkylation sites (tertiary alicyclic amines) is 1. The van der Waals surface area contributed by atoms with Crippen LogP contribution in [0.5, 0.6) is 5.75 Å². The second-order valence-electron chi connectivity index (χ2n) is 9.17. The quantitative estimate of drug-likeness (QED) is 0.224. The van der Waals surface area contributed by atoms with Crippen molar-refractivity contribution in [3.63, 3.8) is 0 Å². The molecular formula is C29H37FN2O4. The lowest BCUT2D eigenvalue weighted by Crippen LogP contribution is -2.34. The highest BCUT2D eigenvalue weighted by Crippen LogP contribution is 2.39. The van der Waals surface area contributed by atoms with E-state index in [4.69, 9.17) is 4.74 Å². The Morgan fingerprint density at radius 2 is 1.53 bits per heavy atom. The molecule has 0 spiro atoms. The number of unbranched alkanes of at least 4 members (excludes halogenated alkanes) is 2.